The average Bonchev–Trinajstić information content (AvgIpc) is 3.30. The van der Waals surface area contributed by atoms with Crippen molar-refractivity contribution >= 4 is 50.9 Å². The summed E-state index contributed by atoms with van der Waals surface area (Å²) in [7, 11) is 3.07. The van der Waals surface area contributed by atoms with Gasteiger partial charge in [-0.2, -0.15) is 0 Å². The lowest BCUT2D eigenvalue weighted by atomic mass is 9.95. The van der Waals surface area contributed by atoms with Crippen molar-refractivity contribution in [2.24, 2.45) is 4.99 Å². The number of benzene rings is 3. The smallest absolute Gasteiger partial charge is 0.338 e. The van der Waals surface area contributed by atoms with Crippen LogP contribution in [0, 0.1) is 0 Å². The van der Waals surface area contributed by atoms with Crippen molar-refractivity contribution in [2.45, 2.75) is 26.5 Å². The number of halogens is 2. The number of hydrogen-bond acceptors (Lipinski definition) is 8. The van der Waals surface area contributed by atoms with Crippen LogP contribution in [-0.4, -0.2) is 31.4 Å². The van der Waals surface area contributed by atoms with Gasteiger partial charge in [0.15, 0.2) is 16.3 Å². The Labute approximate surface area is 265 Å². The van der Waals surface area contributed by atoms with Crippen molar-refractivity contribution in [1.82, 2.24) is 4.57 Å². The second-order valence-electron chi connectivity index (χ2n) is 9.48. The molecule has 1 aromatic heterocycles. The monoisotopic (exact) mass is 682 g/mol. The second-order valence-corrected chi connectivity index (χ2v) is 11.8. The molecule has 4 aromatic rings. The molecule has 0 bridgehead atoms. The Hall–Kier alpha value is -3.86. The summed E-state index contributed by atoms with van der Waals surface area (Å²) in [6.45, 7) is 3.99. The minimum absolute atomic E-state index is 0.179. The lowest BCUT2D eigenvalue weighted by molar-refractivity contribution is -0.139. The predicted octanol–water partition coefficient (Wildman–Crippen LogP) is 5.81. The van der Waals surface area contributed by atoms with Crippen LogP contribution in [-0.2, 0) is 16.1 Å². The van der Waals surface area contributed by atoms with Gasteiger partial charge in [0.05, 0.1) is 42.7 Å². The molecule has 0 amide bonds. The quantitative estimate of drug-likeness (QED) is 0.207. The van der Waals surface area contributed by atoms with E-state index >= 15 is 0 Å². The largest absolute Gasteiger partial charge is 0.493 e. The van der Waals surface area contributed by atoms with Gasteiger partial charge in [0.2, 0.25) is 0 Å². The Bertz CT molecular complexity index is 1900. The summed E-state index contributed by atoms with van der Waals surface area (Å²) in [6, 6.07) is 17.6. The molecule has 0 fully saturated rings. The molecule has 11 heteroatoms. The molecule has 1 aliphatic heterocycles. The summed E-state index contributed by atoms with van der Waals surface area (Å²) >= 11 is 11.1. The van der Waals surface area contributed by atoms with E-state index in [0.29, 0.717) is 53.9 Å². The molecule has 222 valence electrons. The van der Waals surface area contributed by atoms with E-state index < -0.39 is 12.0 Å². The third-order valence-corrected chi connectivity index (χ3v) is 8.88. The van der Waals surface area contributed by atoms with Crippen LogP contribution in [0.5, 0.6) is 17.2 Å². The molecule has 0 unspecified atom stereocenters. The molecule has 0 radical (unpaired) electrons. The summed E-state index contributed by atoms with van der Waals surface area (Å²) in [6.07, 6.45) is 1.80. The van der Waals surface area contributed by atoms with Crippen molar-refractivity contribution in [2.75, 3.05) is 20.8 Å². The van der Waals surface area contributed by atoms with Crippen molar-refractivity contribution < 1.29 is 23.7 Å². The number of carbonyl (C=O) groups is 1. The summed E-state index contributed by atoms with van der Waals surface area (Å²) in [5.74, 6) is 1.09. The molecule has 3 aromatic carbocycles. The van der Waals surface area contributed by atoms with E-state index in [9.17, 15) is 9.59 Å². The molecule has 0 N–H and O–H groups in total. The first-order valence-corrected chi connectivity index (χ1v) is 15.3. The van der Waals surface area contributed by atoms with Crippen LogP contribution < -0.4 is 29.1 Å². The Morgan fingerprint density at radius 1 is 1.09 bits per heavy atom. The number of rotatable bonds is 9. The number of carbonyl (C=O) groups excluding carboxylic acids is 1. The number of allylic oxidation sites excluding steroid dienone is 1. The number of methoxy groups -OCH3 is 2. The lowest BCUT2D eigenvalue weighted by Crippen LogP contribution is -2.40. The number of aromatic nitrogens is 1. The van der Waals surface area contributed by atoms with Crippen LogP contribution >= 0.6 is 38.9 Å². The summed E-state index contributed by atoms with van der Waals surface area (Å²) in [5.41, 5.74) is 2.78. The molecular formula is C32H28BrClN2O6S. The lowest BCUT2D eigenvalue weighted by Gasteiger charge is -2.26. The van der Waals surface area contributed by atoms with Gasteiger partial charge in [0, 0.05) is 15.1 Å². The average molecular weight is 684 g/mol. The highest BCUT2D eigenvalue weighted by molar-refractivity contribution is 9.10. The molecule has 43 heavy (non-hydrogen) atoms. The summed E-state index contributed by atoms with van der Waals surface area (Å²) in [5, 5.41) is 0.647. The van der Waals surface area contributed by atoms with Gasteiger partial charge in [-0.05, 0) is 61.4 Å². The zero-order valence-corrected chi connectivity index (χ0v) is 27.0. The van der Waals surface area contributed by atoms with Gasteiger partial charge in [-0.1, -0.05) is 69.2 Å². The maximum absolute atomic E-state index is 14.0. The Kier molecular flexibility index (Phi) is 9.39. The van der Waals surface area contributed by atoms with Gasteiger partial charge >= 0.3 is 5.97 Å². The van der Waals surface area contributed by atoms with Gasteiger partial charge in [-0.3, -0.25) is 9.36 Å². The molecule has 0 spiro atoms. The molecule has 5 rings (SSSR count). The van der Waals surface area contributed by atoms with Crippen LogP contribution in [0.1, 0.15) is 36.6 Å². The minimum Gasteiger partial charge on any atom is -0.493 e. The molecule has 0 aliphatic carbocycles. The number of nitrogens with zero attached hydrogens (tertiary/aromatic N) is 2. The molecule has 8 nitrogen and oxygen atoms in total. The maximum Gasteiger partial charge on any atom is 0.338 e. The van der Waals surface area contributed by atoms with Gasteiger partial charge < -0.3 is 18.9 Å². The fourth-order valence-corrected chi connectivity index (χ4v) is 6.53. The Balaban J connectivity index is 1.56. The van der Waals surface area contributed by atoms with Gasteiger partial charge in [-0.25, -0.2) is 9.79 Å². The fourth-order valence-electron chi connectivity index (χ4n) is 4.75. The summed E-state index contributed by atoms with van der Waals surface area (Å²) in [4.78, 5) is 32.3. The highest BCUT2D eigenvalue weighted by Gasteiger charge is 2.35. The molecule has 1 aliphatic rings. The number of esters is 1. The Morgan fingerprint density at radius 3 is 2.47 bits per heavy atom. The molecule has 0 saturated heterocycles. The van der Waals surface area contributed by atoms with Crippen LogP contribution in [0.25, 0.3) is 6.08 Å². The van der Waals surface area contributed by atoms with E-state index in [2.05, 4.69) is 20.9 Å². The van der Waals surface area contributed by atoms with Gasteiger partial charge in [-0.15, -0.1) is 0 Å². The number of ether oxygens (including phenoxy) is 4. The zero-order valence-electron chi connectivity index (χ0n) is 23.9. The molecular weight excluding hydrogens is 656 g/mol. The van der Waals surface area contributed by atoms with E-state index in [1.165, 1.54) is 23.0 Å². The number of fused-ring (bicyclic) bond motifs is 1. The van der Waals surface area contributed by atoms with E-state index in [4.69, 9.17) is 30.5 Å². The SMILES string of the molecule is CCOC(=O)C1=C(C)N=c2s/c(=C\c3ccc(OCc4ccccc4Cl)cc3)c(=O)n2[C@H]1c1cc(OC)c(OC)cc1Br. The predicted molar refractivity (Wildman–Crippen MR) is 170 cm³/mol. The minimum atomic E-state index is -0.813. The zero-order chi connectivity index (χ0) is 30.7. The van der Waals surface area contributed by atoms with Gasteiger partial charge in [0.25, 0.3) is 5.56 Å². The molecule has 0 saturated carbocycles. The van der Waals surface area contributed by atoms with Gasteiger partial charge in [0.1, 0.15) is 12.4 Å². The van der Waals surface area contributed by atoms with Crippen LogP contribution in [0.3, 0.4) is 0 Å². The normalized spacial score (nSPS) is 14.7. The standard InChI is InChI=1S/C32H28BrClN2O6S/c1-5-41-31(38)28-18(2)35-32-36(29(28)22-15-25(39-3)26(40-4)16-23(22)33)30(37)27(43-32)14-19-10-12-21(13-11-19)42-17-20-8-6-7-9-24(20)34/h6-16,29H,5,17H2,1-4H3/b27-14-/t29-/m0/s1. The van der Waals surface area contributed by atoms with E-state index in [-0.39, 0.29) is 17.7 Å². The van der Waals surface area contributed by atoms with E-state index in [1.807, 2.05) is 48.5 Å². The second kappa shape index (κ2) is 13.2. The van der Waals surface area contributed by atoms with E-state index in [1.54, 1.807) is 39.2 Å². The third-order valence-electron chi connectivity index (χ3n) is 6.84. The van der Waals surface area contributed by atoms with E-state index in [0.717, 1.165) is 11.1 Å². The van der Waals surface area contributed by atoms with Crippen molar-refractivity contribution in [3.05, 3.63) is 118 Å². The molecule has 2 heterocycles. The number of hydrogen-bond donors (Lipinski definition) is 0. The van der Waals surface area contributed by atoms with Crippen molar-refractivity contribution in [3.63, 3.8) is 0 Å². The highest BCUT2D eigenvalue weighted by Crippen LogP contribution is 2.40. The van der Waals surface area contributed by atoms with Crippen LogP contribution in [0.4, 0.5) is 0 Å². The third kappa shape index (κ3) is 6.27. The van der Waals surface area contributed by atoms with Crippen molar-refractivity contribution in [3.8, 4) is 17.2 Å². The first kappa shape index (κ1) is 30.6. The first-order valence-electron chi connectivity index (χ1n) is 13.3. The summed E-state index contributed by atoms with van der Waals surface area (Å²) < 4.78 is 24.9. The van der Waals surface area contributed by atoms with Crippen LogP contribution in [0.2, 0.25) is 5.02 Å². The van der Waals surface area contributed by atoms with Crippen LogP contribution in [0.15, 0.2) is 86.2 Å². The first-order chi connectivity index (χ1) is 20.7. The molecule has 1 atom stereocenters. The van der Waals surface area contributed by atoms with Crippen molar-refractivity contribution in [1.29, 1.82) is 0 Å². The Morgan fingerprint density at radius 2 is 1.79 bits per heavy atom. The number of thiazole rings is 1. The highest BCUT2D eigenvalue weighted by atomic mass is 79.9. The topological polar surface area (TPSA) is 88.4 Å². The maximum atomic E-state index is 14.0. The fraction of sp³-hybridized carbons (Fsp3) is 0.219.